The van der Waals surface area contributed by atoms with Gasteiger partial charge in [-0.1, -0.05) is 12.8 Å². The number of aromatic nitrogens is 1. The third-order valence-electron chi connectivity index (χ3n) is 3.10. The van der Waals surface area contributed by atoms with Crippen LogP contribution in [0.4, 0.5) is 0 Å². The SMILES string of the molecule is OCC(NC1CCCC1)c1cncc(Br)c1. The van der Waals surface area contributed by atoms with Gasteiger partial charge < -0.3 is 10.4 Å². The number of aliphatic hydroxyl groups is 1. The average Bonchev–Trinajstić information content (AvgIpc) is 2.78. The van der Waals surface area contributed by atoms with Crippen LogP contribution in [-0.4, -0.2) is 22.7 Å². The van der Waals surface area contributed by atoms with E-state index in [9.17, 15) is 5.11 Å². The van der Waals surface area contributed by atoms with E-state index in [0.29, 0.717) is 6.04 Å². The molecule has 4 heteroatoms. The highest BCUT2D eigenvalue weighted by Gasteiger charge is 2.19. The van der Waals surface area contributed by atoms with E-state index in [2.05, 4.69) is 26.2 Å². The molecule has 1 aromatic heterocycles. The molecular formula is C12H17BrN2O. The summed E-state index contributed by atoms with van der Waals surface area (Å²) < 4.78 is 0.955. The van der Waals surface area contributed by atoms with Gasteiger partial charge in [0, 0.05) is 22.9 Å². The first-order chi connectivity index (χ1) is 7.79. The first-order valence-corrected chi connectivity index (χ1v) is 6.56. The lowest BCUT2D eigenvalue weighted by Gasteiger charge is -2.21. The molecule has 1 fully saturated rings. The number of aliphatic hydroxyl groups excluding tert-OH is 1. The minimum atomic E-state index is 0.00750. The Morgan fingerprint density at radius 2 is 2.19 bits per heavy atom. The molecule has 0 radical (unpaired) electrons. The summed E-state index contributed by atoms with van der Waals surface area (Å²) in [5.74, 6) is 0. The zero-order valence-corrected chi connectivity index (χ0v) is 10.8. The number of nitrogens with zero attached hydrogens (tertiary/aromatic N) is 1. The van der Waals surface area contributed by atoms with E-state index >= 15 is 0 Å². The second kappa shape index (κ2) is 5.75. The highest BCUT2D eigenvalue weighted by atomic mass is 79.9. The normalized spacial score (nSPS) is 18.9. The van der Waals surface area contributed by atoms with Crippen molar-refractivity contribution in [3.63, 3.8) is 0 Å². The first kappa shape index (κ1) is 12.0. The van der Waals surface area contributed by atoms with Crippen molar-refractivity contribution >= 4 is 15.9 Å². The second-order valence-electron chi connectivity index (χ2n) is 4.32. The Balaban J connectivity index is 2.03. The third-order valence-corrected chi connectivity index (χ3v) is 3.54. The van der Waals surface area contributed by atoms with E-state index in [1.54, 1.807) is 6.20 Å². The van der Waals surface area contributed by atoms with E-state index in [4.69, 9.17) is 0 Å². The van der Waals surface area contributed by atoms with Crippen molar-refractivity contribution in [3.05, 3.63) is 28.5 Å². The summed E-state index contributed by atoms with van der Waals surface area (Å²) in [6.07, 6.45) is 8.61. The second-order valence-corrected chi connectivity index (χ2v) is 5.24. The maximum atomic E-state index is 9.43. The molecular weight excluding hydrogens is 268 g/mol. The van der Waals surface area contributed by atoms with Gasteiger partial charge in [0.25, 0.3) is 0 Å². The summed E-state index contributed by atoms with van der Waals surface area (Å²) in [7, 11) is 0. The monoisotopic (exact) mass is 284 g/mol. The lowest BCUT2D eigenvalue weighted by Crippen LogP contribution is -2.32. The third kappa shape index (κ3) is 3.03. The lowest BCUT2D eigenvalue weighted by molar-refractivity contribution is 0.232. The Kier molecular flexibility index (Phi) is 4.32. The summed E-state index contributed by atoms with van der Waals surface area (Å²) in [6.45, 7) is 0.120. The fraction of sp³-hybridized carbons (Fsp3) is 0.583. The van der Waals surface area contributed by atoms with Crippen molar-refractivity contribution in [2.75, 3.05) is 6.61 Å². The van der Waals surface area contributed by atoms with Gasteiger partial charge in [-0.15, -0.1) is 0 Å². The Morgan fingerprint density at radius 3 is 2.81 bits per heavy atom. The Labute approximate surface area is 104 Å². The van der Waals surface area contributed by atoms with Crippen LogP contribution >= 0.6 is 15.9 Å². The van der Waals surface area contributed by atoms with Crippen LogP contribution in [0.15, 0.2) is 22.9 Å². The Morgan fingerprint density at radius 1 is 1.44 bits per heavy atom. The van der Waals surface area contributed by atoms with Crippen LogP contribution in [0.3, 0.4) is 0 Å². The number of pyridine rings is 1. The van der Waals surface area contributed by atoms with Gasteiger partial charge in [-0.2, -0.15) is 0 Å². The molecule has 0 aromatic carbocycles. The van der Waals surface area contributed by atoms with Crippen molar-refractivity contribution < 1.29 is 5.11 Å². The molecule has 1 saturated carbocycles. The molecule has 88 valence electrons. The van der Waals surface area contributed by atoms with Gasteiger partial charge in [0.1, 0.15) is 0 Å². The molecule has 16 heavy (non-hydrogen) atoms. The summed E-state index contributed by atoms with van der Waals surface area (Å²) in [5.41, 5.74) is 1.05. The molecule has 0 spiro atoms. The Bertz CT molecular complexity index is 340. The number of hydrogen-bond acceptors (Lipinski definition) is 3. The molecule has 3 nitrogen and oxygen atoms in total. The molecule has 2 N–H and O–H groups in total. The van der Waals surface area contributed by atoms with Crippen molar-refractivity contribution in [2.45, 2.75) is 37.8 Å². The van der Waals surface area contributed by atoms with E-state index in [0.717, 1.165) is 10.0 Å². The molecule has 1 unspecified atom stereocenters. The summed E-state index contributed by atoms with van der Waals surface area (Å²) >= 11 is 3.40. The molecule has 0 saturated heterocycles. The average molecular weight is 285 g/mol. The van der Waals surface area contributed by atoms with Crippen molar-refractivity contribution in [1.29, 1.82) is 0 Å². The van der Waals surface area contributed by atoms with Crippen molar-refractivity contribution in [2.24, 2.45) is 0 Å². The molecule has 1 aromatic rings. The van der Waals surface area contributed by atoms with Gasteiger partial charge in [-0.3, -0.25) is 4.98 Å². The van der Waals surface area contributed by atoms with E-state index in [-0.39, 0.29) is 12.6 Å². The van der Waals surface area contributed by atoms with Crippen LogP contribution in [0.5, 0.6) is 0 Å². The van der Waals surface area contributed by atoms with Crippen molar-refractivity contribution in [1.82, 2.24) is 10.3 Å². The van der Waals surface area contributed by atoms with E-state index in [1.807, 2.05) is 12.3 Å². The minimum Gasteiger partial charge on any atom is -0.394 e. The zero-order chi connectivity index (χ0) is 11.4. The molecule has 1 heterocycles. The molecule has 0 bridgehead atoms. The smallest absolute Gasteiger partial charge is 0.0627 e. The summed E-state index contributed by atoms with van der Waals surface area (Å²) in [4.78, 5) is 4.13. The minimum absolute atomic E-state index is 0.00750. The summed E-state index contributed by atoms with van der Waals surface area (Å²) in [5, 5.41) is 12.9. The van der Waals surface area contributed by atoms with Gasteiger partial charge in [0.15, 0.2) is 0 Å². The van der Waals surface area contributed by atoms with E-state index < -0.39 is 0 Å². The standard InChI is InChI=1S/C12H17BrN2O/c13-10-5-9(6-14-7-10)12(8-16)15-11-3-1-2-4-11/h5-7,11-12,15-16H,1-4,8H2. The number of hydrogen-bond donors (Lipinski definition) is 2. The first-order valence-electron chi connectivity index (χ1n) is 5.77. The summed E-state index contributed by atoms with van der Waals surface area (Å²) in [6, 6.07) is 2.57. The van der Waals surface area contributed by atoms with Crippen molar-refractivity contribution in [3.8, 4) is 0 Å². The maximum Gasteiger partial charge on any atom is 0.0627 e. The fourth-order valence-electron chi connectivity index (χ4n) is 2.25. The highest BCUT2D eigenvalue weighted by Crippen LogP contribution is 2.22. The van der Waals surface area contributed by atoms with Crippen LogP contribution < -0.4 is 5.32 Å². The number of rotatable bonds is 4. The fourth-order valence-corrected chi connectivity index (χ4v) is 2.63. The van der Waals surface area contributed by atoms with Crippen LogP contribution in [0, 0.1) is 0 Å². The quantitative estimate of drug-likeness (QED) is 0.893. The molecule has 1 atom stereocenters. The molecule has 0 amide bonds. The van der Waals surface area contributed by atoms with Crippen LogP contribution in [-0.2, 0) is 0 Å². The van der Waals surface area contributed by atoms with Gasteiger partial charge in [0.05, 0.1) is 12.6 Å². The van der Waals surface area contributed by atoms with Gasteiger partial charge in [-0.05, 0) is 40.4 Å². The predicted molar refractivity (Wildman–Crippen MR) is 67.2 cm³/mol. The zero-order valence-electron chi connectivity index (χ0n) is 9.19. The molecule has 1 aliphatic rings. The molecule has 1 aliphatic carbocycles. The van der Waals surface area contributed by atoms with E-state index in [1.165, 1.54) is 25.7 Å². The predicted octanol–water partition coefficient (Wildman–Crippen LogP) is 2.41. The molecule has 2 rings (SSSR count). The largest absolute Gasteiger partial charge is 0.394 e. The maximum absolute atomic E-state index is 9.43. The van der Waals surface area contributed by atoms with Crippen LogP contribution in [0.1, 0.15) is 37.3 Å². The molecule has 0 aliphatic heterocycles. The number of halogens is 1. The van der Waals surface area contributed by atoms with Crippen LogP contribution in [0.2, 0.25) is 0 Å². The Hall–Kier alpha value is -0.450. The topological polar surface area (TPSA) is 45.1 Å². The van der Waals surface area contributed by atoms with Gasteiger partial charge in [-0.25, -0.2) is 0 Å². The highest BCUT2D eigenvalue weighted by molar-refractivity contribution is 9.10. The van der Waals surface area contributed by atoms with Gasteiger partial charge >= 0.3 is 0 Å². The number of nitrogens with one attached hydrogen (secondary N) is 1. The lowest BCUT2D eigenvalue weighted by atomic mass is 10.1. The van der Waals surface area contributed by atoms with Gasteiger partial charge in [0.2, 0.25) is 0 Å². The van der Waals surface area contributed by atoms with Crippen LogP contribution in [0.25, 0.3) is 0 Å².